The second-order valence-electron chi connectivity index (χ2n) is 6.76. The predicted molar refractivity (Wildman–Crippen MR) is 87.5 cm³/mol. The summed E-state index contributed by atoms with van der Waals surface area (Å²) < 4.78 is 4.67. The van der Waals surface area contributed by atoms with Crippen molar-refractivity contribution in [3.8, 4) is 0 Å². The number of methoxy groups -OCH3 is 1. The van der Waals surface area contributed by atoms with E-state index in [9.17, 15) is 14.7 Å². The number of aryl methyl sites for hydroxylation is 2. The van der Waals surface area contributed by atoms with Gasteiger partial charge in [-0.05, 0) is 49.7 Å². The van der Waals surface area contributed by atoms with Crippen LogP contribution in [-0.4, -0.2) is 46.6 Å². The average molecular weight is 332 g/mol. The number of pyridine rings is 1. The molecule has 6 heteroatoms. The fourth-order valence-corrected chi connectivity index (χ4v) is 3.83. The molecule has 1 saturated heterocycles. The summed E-state index contributed by atoms with van der Waals surface area (Å²) >= 11 is 0. The van der Waals surface area contributed by atoms with Gasteiger partial charge in [0, 0.05) is 25.2 Å². The minimum atomic E-state index is -0.795. The predicted octanol–water partition coefficient (Wildman–Crippen LogP) is 1.80. The molecular formula is C18H24N2O4. The van der Waals surface area contributed by atoms with E-state index in [4.69, 9.17) is 4.98 Å². The summed E-state index contributed by atoms with van der Waals surface area (Å²) in [5.74, 6) is -0.822. The number of carbonyl (C=O) groups is 2. The minimum Gasteiger partial charge on any atom is -0.480 e. The van der Waals surface area contributed by atoms with Crippen LogP contribution in [0.25, 0.3) is 0 Å². The quantitative estimate of drug-likeness (QED) is 0.800. The summed E-state index contributed by atoms with van der Waals surface area (Å²) in [6.45, 7) is 1.24. The van der Waals surface area contributed by atoms with Gasteiger partial charge in [0.05, 0.1) is 12.8 Å². The number of aliphatic carboxylic acids is 1. The van der Waals surface area contributed by atoms with Crippen molar-refractivity contribution < 1.29 is 19.4 Å². The van der Waals surface area contributed by atoms with Gasteiger partial charge < -0.3 is 9.84 Å². The maximum Gasteiger partial charge on any atom is 0.320 e. The summed E-state index contributed by atoms with van der Waals surface area (Å²) in [6, 6.07) is 3.65. The third kappa shape index (κ3) is 3.75. The lowest BCUT2D eigenvalue weighted by atomic mass is 10.00. The average Bonchev–Trinajstić information content (AvgIpc) is 3.18. The number of aromatic nitrogens is 1. The van der Waals surface area contributed by atoms with Gasteiger partial charge in [-0.2, -0.15) is 0 Å². The Bertz CT molecular complexity index is 631. The lowest BCUT2D eigenvalue weighted by molar-refractivity contribution is -0.142. The van der Waals surface area contributed by atoms with E-state index in [0.29, 0.717) is 32.4 Å². The number of carboxylic acids is 1. The summed E-state index contributed by atoms with van der Waals surface area (Å²) in [4.78, 5) is 29.6. The highest BCUT2D eigenvalue weighted by molar-refractivity contribution is 5.74. The van der Waals surface area contributed by atoms with Gasteiger partial charge in [-0.15, -0.1) is 0 Å². The molecule has 2 atom stereocenters. The van der Waals surface area contributed by atoms with E-state index in [0.717, 1.165) is 25.0 Å². The molecule has 6 nitrogen and oxygen atoms in total. The van der Waals surface area contributed by atoms with Crippen molar-refractivity contribution in [1.82, 2.24) is 9.88 Å². The largest absolute Gasteiger partial charge is 0.480 e. The number of rotatable bonds is 6. The van der Waals surface area contributed by atoms with Gasteiger partial charge in [0.25, 0.3) is 0 Å². The topological polar surface area (TPSA) is 79.7 Å². The van der Waals surface area contributed by atoms with Crippen molar-refractivity contribution in [2.45, 2.75) is 51.1 Å². The number of ether oxygens (including phenoxy) is 1. The normalized spacial score (nSPS) is 23.2. The second-order valence-corrected chi connectivity index (χ2v) is 6.76. The van der Waals surface area contributed by atoms with Gasteiger partial charge in [0.15, 0.2) is 0 Å². The summed E-state index contributed by atoms with van der Waals surface area (Å²) in [7, 11) is 1.38. The van der Waals surface area contributed by atoms with E-state index in [2.05, 4.69) is 10.8 Å². The summed E-state index contributed by atoms with van der Waals surface area (Å²) in [6.07, 6.45) is 4.87. The molecule has 0 saturated carbocycles. The molecule has 0 amide bonds. The second kappa shape index (κ2) is 7.30. The number of fused-ring (bicyclic) bond motifs is 1. The molecule has 0 unspecified atom stereocenters. The van der Waals surface area contributed by atoms with Gasteiger partial charge >= 0.3 is 11.9 Å². The SMILES string of the molecule is COC(=O)CC[C@@H]1C[C@H](C(=O)O)N(Cc2ccc3c(n2)CCC3)C1. The first-order valence-corrected chi connectivity index (χ1v) is 8.58. The van der Waals surface area contributed by atoms with Crippen LogP contribution in [0.4, 0.5) is 0 Å². The van der Waals surface area contributed by atoms with Crippen LogP contribution in [0.5, 0.6) is 0 Å². The van der Waals surface area contributed by atoms with E-state index in [1.807, 2.05) is 11.0 Å². The standard InChI is InChI=1S/C18H24N2O4/c1-24-17(21)8-5-12-9-16(18(22)23)20(10-12)11-14-7-6-13-3-2-4-15(13)19-14/h6-7,12,16H,2-5,8-11H2,1H3,(H,22,23)/t12-,16-/m1/s1. The number of carbonyl (C=O) groups excluding carboxylic acids is 1. The molecular weight excluding hydrogens is 308 g/mol. The van der Waals surface area contributed by atoms with Crippen molar-refractivity contribution in [1.29, 1.82) is 0 Å². The first-order chi connectivity index (χ1) is 11.6. The third-order valence-corrected chi connectivity index (χ3v) is 5.11. The van der Waals surface area contributed by atoms with Crippen molar-refractivity contribution in [2.75, 3.05) is 13.7 Å². The number of esters is 1. The molecule has 0 radical (unpaired) electrons. The Morgan fingerprint density at radius 3 is 2.96 bits per heavy atom. The number of likely N-dealkylation sites (tertiary alicyclic amines) is 1. The third-order valence-electron chi connectivity index (χ3n) is 5.11. The molecule has 0 aromatic carbocycles. The zero-order valence-electron chi connectivity index (χ0n) is 14.0. The van der Waals surface area contributed by atoms with Gasteiger partial charge in [-0.1, -0.05) is 6.07 Å². The Kier molecular flexibility index (Phi) is 5.14. The first kappa shape index (κ1) is 16.9. The maximum absolute atomic E-state index is 11.6. The molecule has 24 heavy (non-hydrogen) atoms. The molecule has 3 rings (SSSR count). The van der Waals surface area contributed by atoms with Crippen LogP contribution < -0.4 is 0 Å². The maximum atomic E-state index is 11.6. The van der Waals surface area contributed by atoms with Crippen LogP contribution >= 0.6 is 0 Å². The lowest BCUT2D eigenvalue weighted by Crippen LogP contribution is -2.35. The van der Waals surface area contributed by atoms with Crippen LogP contribution in [0.3, 0.4) is 0 Å². The number of carboxylic acid groups (broad SMARTS) is 1. The van der Waals surface area contributed by atoms with E-state index in [1.54, 1.807) is 0 Å². The smallest absolute Gasteiger partial charge is 0.320 e. The van der Waals surface area contributed by atoms with Crippen LogP contribution in [0, 0.1) is 5.92 Å². The van der Waals surface area contributed by atoms with Gasteiger partial charge in [0.2, 0.25) is 0 Å². The Morgan fingerprint density at radius 2 is 2.21 bits per heavy atom. The highest BCUT2D eigenvalue weighted by atomic mass is 16.5. The summed E-state index contributed by atoms with van der Waals surface area (Å²) in [5.41, 5.74) is 3.43. The molecule has 0 bridgehead atoms. The van der Waals surface area contributed by atoms with Crippen molar-refractivity contribution in [2.24, 2.45) is 5.92 Å². The molecule has 1 N–H and O–H groups in total. The van der Waals surface area contributed by atoms with Crippen LogP contribution in [-0.2, 0) is 33.7 Å². The molecule has 1 aromatic heterocycles. The summed E-state index contributed by atoms with van der Waals surface area (Å²) in [5, 5.41) is 9.50. The molecule has 1 aliphatic heterocycles. The molecule has 1 aliphatic carbocycles. The Balaban J connectivity index is 1.64. The van der Waals surface area contributed by atoms with Crippen LogP contribution in [0.2, 0.25) is 0 Å². The number of hydrogen-bond acceptors (Lipinski definition) is 5. The van der Waals surface area contributed by atoms with Crippen molar-refractivity contribution >= 4 is 11.9 Å². The van der Waals surface area contributed by atoms with E-state index in [1.165, 1.54) is 18.4 Å². The molecule has 1 aromatic rings. The molecule has 1 fully saturated rings. The first-order valence-electron chi connectivity index (χ1n) is 8.58. The van der Waals surface area contributed by atoms with Crippen molar-refractivity contribution in [3.05, 3.63) is 29.1 Å². The molecule has 2 heterocycles. The highest BCUT2D eigenvalue weighted by Gasteiger charge is 2.37. The monoisotopic (exact) mass is 332 g/mol. The van der Waals surface area contributed by atoms with E-state index < -0.39 is 12.0 Å². The Labute approximate surface area is 141 Å². The van der Waals surface area contributed by atoms with Gasteiger partial charge in [-0.3, -0.25) is 19.5 Å². The molecule has 130 valence electrons. The highest BCUT2D eigenvalue weighted by Crippen LogP contribution is 2.29. The number of hydrogen-bond donors (Lipinski definition) is 1. The van der Waals surface area contributed by atoms with Gasteiger partial charge in [0.1, 0.15) is 6.04 Å². The zero-order valence-corrected chi connectivity index (χ0v) is 14.0. The molecule has 0 spiro atoms. The van der Waals surface area contributed by atoms with Crippen LogP contribution in [0.1, 0.15) is 42.6 Å². The zero-order chi connectivity index (χ0) is 17.1. The van der Waals surface area contributed by atoms with Crippen molar-refractivity contribution in [3.63, 3.8) is 0 Å². The Morgan fingerprint density at radius 1 is 1.38 bits per heavy atom. The fourth-order valence-electron chi connectivity index (χ4n) is 3.83. The van der Waals surface area contributed by atoms with Gasteiger partial charge in [-0.25, -0.2) is 0 Å². The van der Waals surface area contributed by atoms with E-state index >= 15 is 0 Å². The molecule has 2 aliphatic rings. The van der Waals surface area contributed by atoms with Crippen LogP contribution in [0.15, 0.2) is 12.1 Å². The number of nitrogens with zero attached hydrogens (tertiary/aromatic N) is 2. The van der Waals surface area contributed by atoms with E-state index in [-0.39, 0.29) is 11.9 Å². The minimum absolute atomic E-state index is 0.208. The Hall–Kier alpha value is -1.95. The fraction of sp³-hybridized carbons (Fsp3) is 0.611. The lowest BCUT2D eigenvalue weighted by Gasteiger charge is -2.21.